The first kappa shape index (κ1) is 27.4. The quantitative estimate of drug-likeness (QED) is 0.554. The van der Waals surface area contributed by atoms with E-state index >= 15 is 0 Å². The molecule has 9 nitrogen and oxygen atoms in total. The number of epoxide rings is 1. The minimum absolute atomic E-state index is 0.102. The summed E-state index contributed by atoms with van der Waals surface area (Å²) in [4.78, 5) is 27.0. The van der Waals surface area contributed by atoms with Crippen molar-refractivity contribution in [2.75, 3.05) is 26.2 Å². The van der Waals surface area contributed by atoms with Crippen molar-refractivity contribution < 1.29 is 33.6 Å². The third kappa shape index (κ3) is 5.95. The van der Waals surface area contributed by atoms with Crippen molar-refractivity contribution >= 4 is 29.3 Å². The molecule has 0 spiro atoms. The molecule has 1 aromatic carbocycles. The van der Waals surface area contributed by atoms with Crippen LogP contribution in [0.2, 0.25) is 5.02 Å². The van der Waals surface area contributed by atoms with Crippen LogP contribution < -0.4 is 15.0 Å². The van der Waals surface area contributed by atoms with Crippen molar-refractivity contribution in [3.63, 3.8) is 0 Å². The predicted molar refractivity (Wildman–Crippen MR) is 139 cm³/mol. The average molecular weight is 535 g/mol. The molecular weight excluding hydrogens is 500 g/mol. The highest BCUT2D eigenvalue weighted by atomic mass is 35.5. The van der Waals surface area contributed by atoms with E-state index in [-0.39, 0.29) is 24.9 Å². The molecule has 4 bridgehead atoms. The van der Waals surface area contributed by atoms with Crippen LogP contribution in [0.3, 0.4) is 0 Å². The van der Waals surface area contributed by atoms with Gasteiger partial charge in [-0.2, -0.15) is 0 Å². The third-order valence-electron chi connectivity index (χ3n) is 7.39. The summed E-state index contributed by atoms with van der Waals surface area (Å²) < 4.78 is 22.4. The van der Waals surface area contributed by atoms with Crippen LogP contribution in [0.4, 0.5) is 10.5 Å². The molecule has 3 aliphatic rings. The highest BCUT2D eigenvalue weighted by Crippen LogP contribution is 2.45. The summed E-state index contributed by atoms with van der Waals surface area (Å²) in [5.41, 5.74) is 0.349. The number of carbonyl (C=O) groups excluding carboxylic acids is 2. The molecule has 10 heteroatoms. The number of rotatable bonds is 2. The van der Waals surface area contributed by atoms with Gasteiger partial charge < -0.3 is 29.0 Å². The largest absolute Gasteiger partial charge is 0.495 e. The van der Waals surface area contributed by atoms with Gasteiger partial charge in [0.1, 0.15) is 23.0 Å². The van der Waals surface area contributed by atoms with Gasteiger partial charge in [0, 0.05) is 33.4 Å². The zero-order valence-corrected chi connectivity index (χ0v) is 22.6. The maximum Gasteiger partial charge on any atom is 0.409 e. The van der Waals surface area contributed by atoms with Gasteiger partial charge in [-0.15, -0.1) is 0 Å². The Morgan fingerprint density at radius 3 is 2.73 bits per heavy atom. The molecule has 3 aliphatic heterocycles. The molecule has 3 heterocycles. The standard InChI is InChI=1S/C27H35ClN2O7/c1-16-7-6-8-21(35-5)27(33)15-18(36-25(32)29-27)14-22-26(2,37-22)10-9-23(31)30(3)19-12-17(11-16)13-20(34-4)24(19)28/h6-8,12-13,18,21-22,33H,9-11,14-15H2,1-5H3,(H,29,32)/b8-6+,16-7+/t18?,21-,22+,26+,27+/m1/s1. The predicted octanol–water partition coefficient (Wildman–Crippen LogP) is 3.90. The Balaban J connectivity index is 1.69. The molecule has 0 saturated carbocycles. The van der Waals surface area contributed by atoms with Gasteiger partial charge in [-0.25, -0.2) is 4.79 Å². The number of hydrogen-bond donors (Lipinski definition) is 2. The number of ether oxygens (including phenoxy) is 4. The van der Waals surface area contributed by atoms with Gasteiger partial charge in [-0.05, 0) is 44.4 Å². The first-order valence-corrected chi connectivity index (χ1v) is 12.7. The lowest BCUT2D eigenvalue weighted by atomic mass is 9.91. The van der Waals surface area contributed by atoms with Crippen molar-refractivity contribution in [2.45, 2.75) is 75.6 Å². The summed E-state index contributed by atoms with van der Waals surface area (Å²) >= 11 is 6.59. The van der Waals surface area contributed by atoms with E-state index in [1.165, 1.54) is 7.11 Å². The lowest BCUT2D eigenvalue weighted by Crippen LogP contribution is -2.62. The van der Waals surface area contributed by atoms with E-state index in [9.17, 15) is 14.7 Å². The molecule has 2 saturated heterocycles. The molecule has 0 aliphatic carbocycles. The van der Waals surface area contributed by atoms with Gasteiger partial charge in [0.15, 0.2) is 5.72 Å². The molecular formula is C27H35ClN2O7. The molecule has 37 heavy (non-hydrogen) atoms. The van der Waals surface area contributed by atoms with Crippen molar-refractivity contribution in [1.82, 2.24) is 5.32 Å². The molecule has 5 atom stereocenters. The van der Waals surface area contributed by atoms with E-state index in [2.05, 4.69) is 5.32 Å². The van der Waals surface area contributed by atoms with Crippen LogP contribution in [0.15, 0.2) is 35.9 Å². The summed E-state index contributed by atoms with van der Waals surface area (Å²) in [6.07, 6.45) is 4.97. The fourth-order valence-corrected chi connectivity index (χ4v) is 5.40. The van der Waals surface area contributed by atoms with Gasteiger partial charge >= 0.3 is 6.09 Å². The molecule has 1 unspecified atom stereocenters. The van der Waals surface area contributed by atoms with Gasteiger partial charge in [0.25, 0.3) is 0 Å². The number of methoxy groups -OCH3 is 2. The number of amides is 2. The Kier molecular flexibility index (Phi) is 7.90. The Bertz CT molecular complexity index is 1120. The topological polar surface area (TPSA) is 110 Å². The Hall–Kier alpha value is -2.59. The van der Waals surface area contributed by atoms with E-state index in [1.54, 1.807) is 31.2 Å². The maximum atomic E-state index is 13.1. The second kappa shape index (κ2) is 10.6. The van der Waals surface area contributed by atoms with E-state index in [1.807, 2.05) is 32.1 Å². The van der Waals surface area contributed by atoms with E-state index in [0.717, 1.165) is 11.1 Å². The van der Waals surface area contributed by atoms with Gasteiger partial charge in [-0.3, -0.25) is 10.1 Å². The van der Waals surface area contributed by atoms with Crippen LogP contribution in [0.5, 0.6) is 5.75 Å². The zero-order chi connectivity index (χ0) is 27.0. The highest BCUT2D eigenvalue weighted by Gasteiger charge is 2.55. The number of benzene rings is 1. The first-order valence-electron chi connectivity index (χ1n) is 12.4. The van der Waals surface area contributed by atoms with Gasteiger partial charge in [0.05, 0.1) is 24.5 Å². The smallest absolute Gasteiger partial charge is 0.409 e. The number of fused-ring (bicyclic) bond motifs is 5. The number of nitrogens with one attached hydrogen (secondary N) is 1. The summed E-state index contributed by atoms with van der Waals surface area (Å²) in [5, 5.41) is 14.2. The number of anilines is 1. The van der Waals surface area contributed by atoms with Crippen LogP contribution in [0, 0.1) is 0 Å². The van der Waals surface area contributed by atoms with Crippen molar-refractivity contribution in [1.29, 1.82) is 0 Å². The molecule has 0 aromatic heterocycles. The second-order valence-corrected chi connectivity index (χ2v) is 10.6. The lowest BCUT2D eigenvalue weighted by molar-refractivity contribution is -0.135. The second-order valence-electron chi connectivity index (χ2n) is 10.3. The monoisotopic (exact) mass is 534 g/mol. The zero-order valence-electron chi connectivity index (χ0n) is 21.9. The number of nitrogens with zero attached hydrogens (tertiary/aromatic N) is 1. The fraction of sp³-hybridized carbons (Fsp3) is 0.556. The van der Waals surface area contributed by atoms with E-state index in [0.29, 0.717) is 35.7 Å². The van der Waals surface area contributed by atoms with Crippen molar-refractivity contribution in [2.24, 2.45) is 0 Å². The molecule has 202 valence electrons. The number of allylic oxidation sites excluding steroid dienone is 3. The molecule has 2 N–H and O–H groups in total. The summed E-state index contributed by atoms with van der Waals surface area (Å²) in [5.74, 6) is 0.389. The SMILES string of the molecule is COc1cc2cc(c1Cl)N(C)C(=O)CC[C@]1(C)O[C@H]1CC1C[C@@](O)(NC(=O)O1)[C@H](OC)/C=C/C=C(\C)C2. The Morgan fingerprint density at radius 1 is 1.27 bits per heavy atom. The minimum Gasteiger partial charge on any atom is -0.495 e. The Labute approximate surface area is 222 Å². The number of alkyl carbamates (subject to hydrolysis) is 1. The first-order chi connectivity index (χ1) is 17.5. The van der Waals surface area contributed by atoms with Crippen LogP contribution in [-0.2, 0) is 25.4 Å². The summed E-state index contributed by atoms with van der Waals surface area (Å²) in [6, 6.07) is 3.75. The number of hydrogen-bond acceptors (Lipinski definition) is 7. The summed E-state index contributed by atoms with van der Waals surface area (Å²) in [7, 11) is 4.73. The van der Waals surface area contributed by atoms with Crippen LogP contribution in [0.25, 0.3) is 0 Å². The maximum absolute atomic E-state index is 13.1. The average Bonchev–Trinajstić information content (AvgIpc) is 3.48. The lowest BCUT2D eigenvalue weighted by Gasteiger charge is -2.40. The minimum atomic E-state index is -1.64. The number of aliphatic hydroxyl groups is 1. The van der Waals surface area contributed by atoms with Crippen LogP contribution in [-0.4, -0.2) is 68.0 Å². The normalized spacial score (nSPS) is 34.9. The van der Waals surface area contributed by atoms with Gasteiger partial charge in [0.2, 0.25) is 5.91 Å². The number of carbonyl (C=O) groups is 2. The van der Waals surface area contributed by atoms with Crippen molar-refractivity contribution in [3.05, 3.63) is 46.5 Å². The van der Waals surface area contributed by atoms with E-state index in [4.69, 9.17) is 30.5 Å². The van der Waals surface area contributed by atoms with Crippen molar-refractivity contribution in [3.8, 4) is 5.75 Å². The third-order valence-corrected chi connectivity index (χ3v) is 7.77. The van der Waals surface area contributed by atoms with E-state index < -0.39 is 29.6 Å². The fourth-order valence-electron chi connectivity index (χ4n) is 5.09. The van der Waals surface area contributed by atoms with Crippen LogP contribution in [0.1, 0.15) is 45.1 Å². The Morgan fingerprint density at radius 2 is 2.03 bits per heavy atom. The molecule has 0 radical (unpaired) electrons. The summed E-state index contributed by atoms with van der Waals surface area (Å²) in [6.45, 7) is 3.91. The van der Waals surface area contributed by atoms with Gasteiger partial charge in [-0.1, -0.05) is 35.4 Å². The highest BCUT2D eigenvalue weighted by molar-refractivity contribution is 6.35. The molecule has 2 fully saturated rings. The molecule has 2 amide bonds. The molecule has 4 rings (SSSR count). The van der Waals surface area contributed by atoms with Crippen LogP contribution >= 0.6 is 11.6 Å². The number of halogens is 1. The molecule has 1 aromatic rings.